The van der Waals surface area contributed by atoms with Gasteiger partial charge in [-0.1, -0.05) is 97.8 Å². The van der Waals surface area contributed by atoms with Gasteiger partial charge in [0.05, 0.1) is 0 Å². The number of hydrogen-bond acceptors (Lipinski definition) is 3. The van der Waals surface area contributed by atoms with Crippen molar-refractivity contribution in [3.63, 3.8) is 0 Å². The molecule has 0 aromatic carbocycles. The van der Waals surface area contributed by atoms with E-state index in [4.69, 9.17) is 0 Å². The normalized spacial score (nSPS) is 12.1. The number of carbonyl (C=O) groups is 1. The second-order valence-corrected chi connectivity index (χ2v) is 8.60. The van der Waals surface area contributed by atoms with Crippen molar-refractivity contribution in [2.75, 3.05) is 13.1 Å². The van der Waals surface area contributed by atoms with Gasteiger partial charge in [-0.2, -0.15) is 0 Å². The number of unbranched alkanes of at least 4 members (excludes halogenated alkanes) is 12. The molecule has 0 N–H and O–H groups in total. The molecule has 0 aliphatic carbocycles. The molecule has 0 rings (SSSR count). The van der Waals surface area contributed by atoms with Crippen molar-refractivity contribution in [1.82, 2.24) is 4.90 Å². The Labute approximate surface area is 205 Å². The Kier molecular flexibility index (Phi) is 26.9. The van der Waals surface area contributed by atoms with Crippen molar-refractivity contribution in [3.05, 3.63) is 0 Å². The first kappa shape index (κ1) is 31.6. The first-order valence-corrected chi connectivity index (χ1v) is 12.6. The Hall–Kier alpha value is 0.430. The van der Waals surface area contributed by atoms with Gasteiger partial charge in [-0.3, -0.25) is 0 Å². The third-order valence-electron chi connectivity index (χ3n) is 6.00. The first-order chi connectivity index (χ1) is 13.7. The van der Waals surface area contributed by atoms with Gasteiger partial charge in [0.25, 0.3) is 0 Å². The quantitative estimate of drug-likeness (QED) is 0.199. The zero-order valence-electron chi connectivity index (χ0n) is 20.5. The van der Waals surface area contributed by atoms with Crippen LogP contribution < -0.4 is 34.7 Å². The maximum atomic E-state index is 10.6. The molecule has 1 unspecified atom stereocenters. The fraction of sp³-hybridized carbons (Fsp3) is 0.960. The van der Waals surface area contributed by atoms with Crippen LogP contribution in [0.3, 0.4) is 0 Å². The van der Waals surface area contributed by atoms with Crippen LogP contribution in [0, 0.1) is 0 Å². The van der Waals surface area contributed by atoms with Gasteiger partial charge < -0.3 is 14.8 Å². The Morgan fingerprint density at radius 3 is 1.59 bits per heavy atom. The fourth-order valence-electron chi connectivity index (χ4n) is 4.14. The van der Waals surface area contributed by atoms with Gasteiger partial charge in [-0.25, -0.2) is 0 Å². The number of rotatable bonds is 22. The average molecular weight is 420 g/mol. The Morgan fingerprint density at radius 2 is 1.14 bits per heavy atom. The molecule has 0 fully saturated rings. The molecule has 29 heavy (non-hydrogen) atoms. The zero-order valence-corrected chi connectivity index (χ0v) is 22.5. The summed E-state index contributed by atoms with van der Waals surface area (Å²) in [5, 5.41) is 10.6. The fourth-order valence-corrected chi connectivity index (χ4v) is 4.14. The molecule has 0 aliphatic rings. The van der Waals surface area contributed by atoms with Gasteiger partial charge in [-0.15, -0.1) is 0 Å². The van der Waals surface area contributed by atoms with E-state index >= 15 is 0 Å². The third-order valence-corrected chi connectivity index (χ3v) is 6.00. The van der Waals surface area contributed by atoms with Gasteiger partial charge in [0.15, 0.2) is 0 Å². The van der Waals surface area contributed by atoms with Crippen molar-refractivity contribution in [2.24, 2.45) is 0 Å². The Balaban J connectivity index is 0. The van der Waals surface area contributed by atoms with Crippen LogP contribution >= 0.6 is 0 Å². The summed E-state index contributed by atoms with van der Waals surface area (Å²) < 4.78 is 0. The van der Waals surface area contributed by atoms with Crippen LogP contribution in [-0.4, -0.2) is 30.0 Å². The molecule has 0 heterocycles. The zero-order chi connectivity index (χ0) is 20.9. The summed E-state index contributed by atoms with van der Waals surface area (Å²) in [6.45, 7) is 9.38. The number of aliphatic carboxylic acids is 1. The monoisotopic (exact) mass is 419 g/mol. The minimum absolute atomic E-state index is 0. The number of carboxylic acid groups (broad SMARTS) is 1. The van der Waals surface area contributed by atoms with Crippen LogP contribution in [0.4, 0.5) is 0 Å². The molecule has 0 saturated heterocycles. The molecule has 0 saturated carbocycles. The molecule has 0 aromatic rings. The topological polar surface area (TPSA) is 43.4 Å². The predicted molar refractivity (Wildman–Crippen MR) is 120 cm³/mol. The van der Waals surface area contributed by atoms with E-state index in [-0.39, 0.29) is 36.0 Å². The van der Waals surface area contributed by atoms with Gasteiger partial charge in [-0.05, 0) is 51.6 Å². The van der Waals surface area contributed by atoms with Crippen LogP contribution in [0.2, 0.25) is 0 Å². The number of nitrogens with zero attached hydrogens (tertiary/aromatic N) is 1. The molecular weight excluding hydrogens is 369 g/mol. The van der Waals surface area contributed by atoms with Crippen LogP contribution in [0.5, 0.6) is 0 Å². The summed E-state index contributed by atoms with van der Waals surface area (Å²) in [7, 11) is 0. The first-order valence-electron chi connectivity index (χ1n) is 12.6. The average Bonchev–Trinajstić information content (AvgIpc) is 2.68. The summed E-state index contributed by atoms with van der Waals surface area (Å²) in [6, 6.07) is 0.675. The van der Waals surface area contributed by atoms with Gasteiger partial charge >= 0.3 is 29.6 Å². The van der Waals surface area contributed by atoms with E-state index in [1.807, 2.05) is 0 Å². The third kappa shape index (κ3) is 21.4. The van der Waals surface area contributed by atoms with E-state index < -0.39 is 5.97 Å². The van der Waals surface area contributed by atoms with Crippen molar-refractivity contribution < 1.29 is 39.5 Å². The van der Waals surface area contributed by atoms with Crippen molar-refractivity contribution >= 4 is 5.97 Å². The summed E-state index contributed by atoms with van der Waals surface area (Å²) in [5.41, 5.74) is 0. The van der Waals surface area contributed by atoms with Crippen LogP contribution in [0.1, 0.15) is 136 Å². The summed E-state index contributed by atoms with van der Waals surface area (Å²) in [4.78, 5) is 13.3. The second-order valence-electron chi connectivity index (χ2n) is 8.60. The number of carboxylic acids is 1. The molecule has 168 valence electrons. The maximum Gasteiger partial charge on any atom is 1.00 e. The molecular formula is C25H50NNaO2. The van der Waals surface area contributed by atoms with E-state index in [2.05, 4.69) is 25.7 Å². The minimum Gasteiger partial charge on any atom is -0.550 e. The van der Waals surface area contributed by atoms with Crippen molar-refractivity contribution in [1.29, 1.82) is 0 Å². The van der Waals surface area contributed by atoms with E-state index in [1.165, 1.54) is 103 Å². The van der Waals surface area contributed by atoms with E-state index in [1.54, 1.807) is 0 Å². The molecule has 0 aliphatic heterocycles. The van der Waals surface area contributed by atoms with E-state index in [9.17, 15) is 9.90 Å². The molecule has 4 heteroatoms. The van der Waals surface area contributed by atoms with Crippen LogP contribution in [0.25, 0.3) is 0 Å². The van der Waals surface area contributed by atoms with Crippen LogP contribution in [0.15, 0.2) is 0 Å². The second kappa shape index (κ2) is 24.7. The molecule has 0 radical (unpaired) electrons. The molecule has 1 atom stereocenters. The number of carbonyl (C=O) groups excluding carboxylic acids is 1. The predicted octanol–water partition coefficient (Wildman–Crippen LogP) is 3.49. The Morgan fingerprint density at radius 1 is 0.690 bits per heavy atom. The van der Waals surface area contributed by atoms with Gasteiger partial charge in [0.2, 0.25) is 0 Å². The molecule has 0 bridgehead atoms. The summed E-state index contributed by atoms with van der Waals surface area (Å²) in [5.74, 6) is -0.903. The van der Waals surface area contributed by atoms with Crippen molar-refractivity contribution in [2.45, 2.75) is 142 Å². The van der Waals surface area contributed by atoms with E-state index in [0.29, 0.717) is 6.04 Å². The van der Waals surface area contributed by atoms with E-state index in [0.717, 1.165) is 19.3 Å². The minimum atomic E-state index is -0.903. The maximum absolute atomic E-state index is 10.6. The SMILES string of the molecule is CCCCCCCCN(CCCCCCCC)C(CC)CCCCCC(=O)[O-].[Na+]. The molecule has 0 spiro atoms. The Bertz CT molecular complexity index is 323. The molecule has 0 amide bonds. The number of hydrogen-bond donors (Lipinski definition) is 0. The summed E-state index contributed by atoms with van der Waals surface area (Å²) >= 11 is 0. The largest absolute Gasteiger partial charge is 1.00 e. The van der Waals surface area contributed by atoms with Gasteiger partial charge in [0.1, 0.15) is 0 Å². The smallest absolute Gasteiger partial charge is 0.550 e. The summed E-state index contributed by atoms with van der Waals surface area (Å²) in [6.07, 6.45) is 22.0. The molecule has 3 nitrogen and oxygen atoms in total. The van der Waals surface area contributed by atoms with Crippen LogP contribution in [-0.2, 0) is 4.79 Å². The molecule has 0 aromatic heterocycles. The van der Waals surface area contributed by atoms with Crippen molar-refractivity contribution in [3.8, 4) is 0 Å². The standard InChI is InChI=1S/C25H51NO2.Na/c1-4-7-9-11-13-18-22-26(23-19-14-12-10-8-5-2)24(6-3)20-16-15-17-21-25(27)28;/h24H,4-23H2,1-3H3,(H,27,28);/q;+1/p-1. The van der Waals surface area contributed by atoms with Gasteiger partial charge in [0, 0.05) is 12.0 Å².